The van der Waals surface area contributed by atoms with Gasteiger partial charge in [-0.15, -0.1) is 17.5 Å². The third kappa shape index (κ3) is 4.60. The first-order valence-corrected chi connectivity index (χ1v) is 13.0. The van der Waals surface area contributed by atoms with Gasteiger partial charge in [-0.05, 0) is 53.1 Å². The molecule has 0 radical (unpaired) electrons. The average molecular weight is 528 g/mol. The average Bonchev–Trinajstić information content (AvgIpc) is 3.66. The molecule has 2 aromatic carbocycles. The highest BCUT2D eigenvalue weighted by Crippen LogP contribution is 2.38. The fourth-order valence-corrected chi connectivity index (χ4v) is 6.36. The highest BCUT2D eigenvalue weighted by molar-refractivity contribution is 7.22. The molecule has 1 saturated heterocycles. The van der Waals surface area contributed by atoms with Gasteiger partial charge in [-0.2, -0.15) is 0 Å². The Bertz CT molecular complexity index is 1280. The van der Waals surface area contributed by atoms with E-state index in [9.17, 15) is 5.11 Å². The van der Waals surface area contributed by atoms with Gasteiger partial charge in [0, 0.05) is 26.2 Å². The van der Waals surface area contributed by atoms with Gasteiger partial charge in [0.25, 0.3) is 0 Å². The summed E-state index contributed by atoms with van der Waals surface area (Å²) in [5.41, 5.74) is 2.07. The van der Waals surface area contributed by atoms with Crippen molar-refractivity contribution in [1.29, 1.82) is 0 Å². The number of benzene rings is 2. The van der Waals surface area contributed by atoms with Crippen LogP contribution < -0.4 is 9.64 Å². The van der Waals surface area contributed by atoms with Crippen LogP contribution in [0.15, 0.2) is 42.5 Å². The lowest BCUT2D eigenvalue weighted by Crippen LogP contribution is -2.48. The van der Waals surface area contributed by atoms with Gasteiger partial charge in [0.2, 0.25) is 0 Å². The fourth-order valence-electron chi connectivity index (χ4n) is 5.34. The van der Waals surface area contributed by atoms with Crippen molar-refractivity contribution in [3.63, 3.8) is 0 Å². The predicted molar refractivity (Wildman–Crippen MR) is 142 cm³/mol. The van der Waals surface area contributed by atoms with Gasteiger partial charge in [0.1, 0.15) is 0 Å². The first-order valence-electron chi connectivity index (χ1n) is 12.2. The number of para-hydroxylation sites is 1. The number of piperazine rings is 1. The Morgan fingerprint density at radius 3 is 2.58 bits per heavy atom. The maximum Gasteiger partial charge on any atom is 0.186 e. The minimum atomic E-state index is -0.127. The van der Waals surface area contributed by atoms with Gasteiger partial charge < -0.3 is 14.7 Å². The maximum atomic E-state index is 10.2. The number of nitrogens with zero attached hydrogens (tertiary/aromatic N) is 7. The molecule has 2 aromatic heterocycles. The molecular formula is C25H30ClN7O2S. The molecule has 6 rings (SSSR count). The van der Waals surface area contributed by atoms with Crippen molar-refractivity contribution in [2.24, 2.45) is 0 Å². The van der Waals surface area contributed by atoms with Crippen molar-refractivity contribution in [2.75, 3.05) is 38.2 Å². The third-order valence-corrected chi connectivity index (χ3v) is 8.28. The molecule has 2 fully saturated rings. The number of anilines is 1. The van der Waals surface area contributed by atoms with E-state index in [0.29, 0.717) is 11.8 Å². The number of fused-ring (bicyclic) bond motifs is 1. The molecule has 0 amide bonds. The number of ether oxygens (including phenoxy) is 1. The Hall–Kier alpha value is -2.95. The molecular weight excluding hydrogens is 498 g/mol. The molecule has 11 heteroatoms. The lowest BCUT2D eigenvalue weighted by Gasteiger charge is -2.39. The minimum absolute atomic E-state index is 0. The largest absolute Gasteiger partial charge is 0.504 e. The number of tetrazole rings is 1. The van der Waals surface area contributed by atoms with Crippen LogP contribution in [0.5, 0.6) is 11.5 Å². The molecule has 1 aliphatic heterocycles. The van der Waals surface area contributed by atoms with Gasteiger partial charge in [0.15, 0.2) is 22.5 Å². The Labute approximate surface area is 220 Å². The van der Waals surface area contributed by atoms with E-state index >= 15 is 0 Å². The topological polar surface area (TPSA) is 92.4 Å². The van der Waals surface area contributed by atoms with E-state index in [1.54, 1.807) is 24.5 Å². The molecule has 36 heavy (non-hydrogen) atoms. The summed E-state index contributed by atoms with van der Waals surface area (Å²) in [5.74, 6) is 1.45. The van der Waals surface area contributed by atoms with Crippen LogP contribution in [0.4, 0.5) is 5.13 Å². The van der Waals surface area contributed by atoms with Crippen LogP contribution in [0, 0.1) is 0 Å². The maximum absolute atomic E-state index is 10.2. The van der Waals surface area contributed by atoms with Crippen molar-refractivity contribution in [2.45, 2.75) is 37.8 Å². The summed E-state index contributed by atoms with van der Waals surface area (Å²) in [6, 6.07) is 14.1. The predicted octanol–water partition coefficient (Wildman–Crippen LogP) is 4.45. The Morgan fingerprint density at radius 2 is 1.83 bits per heavy atom. The van der Waals surface area contributed by atoms with Crippen LogP contribution in [0.25, 0.3) is 10.2 Å². The van der Waals surface area contributed by atoms with Crippen molar-refractivity contribution in [1.82, 2.24) is 30.1 Å². The number of hydrogen-bond donors (Lipinski definition) is 1. The molecule has 1 saturated carbocycles. The van der Waals surface area contributed by atoms with Gasteiger partial charge in [-0.3, -0.25) is 4.90 Å². The first-order chi connectivity index (χ1) is 17.2. The molecule has 2 aliphatic rings. The van der Waals surface area contributed by atoms with Crippen LogP contribution in [0.1, 0.15) is 49.2 Å². The Morgan fingerprint density at radius 1 is 1.06 bits per heavy atom. The van der Waals surface area contributed by atoms with Crippen LogP contribution >= 0.6 is 23.7 Å². The number of methoxy groups -OCH3 is 1. The second kappa shape index (κ2) is 10.6. The number of phenols is 1. The summed E-state index contributed by atoms with van der Waals surface area (Å²) in [6.45, 7) is 3.44. The van der Waals surface area contributed by atoms with Gasteiger partial charge >= 0.3 is 0 Å². The molecule has 1 N–H and O–H groups in total. The number of thiazole rings is 1. The molecule has 1 aliphatic carbocycles. The summed E-state index contributed by atoms with van der Waals surface area (Å²) < 4.78 is 8.69. The van der Waals surface area contributed by atoms with E-state index in [1.807, 2.05) is 22.9 Å². The van der Waals surface area contributed by atoms with Crippen molar-refractivity contribution >= 4 is 39.1 Å². The quantitative estimate of drug-likeness (QED) is 0.393. The van der Waals surface area contributed by atoms with Gasteiger partial charge in [-0.25, -0.2) is 9.67 Å². The number of aromatic nitrogens is 5. The monoisotopic (exact) mass is 527 g/mol. The standard InChI is InChI=1S/C25H29N7O2S.ClH/c1-34-21-16-17(10-11-20(21)33)23(24-27-28-29-32(24)18-6-2-3-7-18)30-12-14-31(15-13-30)25-26-19-8-4-5-9-22(19)35-25;/h4-5,8-11,16,18,23,33H,2-3,6-7,12-15H2,1H3;1H. The summed E-state index contributed by atoms with van der Waals surface area (Å²) in [7, 11) is 1.58. The minimum Gasteiger partial charge on any atom is -0.504 e. The molecule has 190 valence electrons. The molecule has 4 aromatic rings. The zero-order valence-electron chi connectivity index (χ0n) is 20.2. The van der Waals surface area contributed by atoms with E-state index in [0.717, 1.165) is 61.1 Å². The number of hydrogen-bond acceptors (Lipinski definition) is 9. The van der Waals surface area contributed by atoms with E-state index in [-0.39, 0.29) is 24.2 Å². The molecule has 3 heterocycles. The number of aromatic hydroxyl groups is 1. The zero-order valence-corrected chi connectivity index (χ0v) is 21.8. The normalized spacial score (nSPS) is 17.9. The molecule has 9 nitrogen and oxygen atoms in total. The van der Waals surface area contributed by atoms with E-state index in [2.05, 4.69) is 43.5 Å². The second-order valence-electron chi connectivity index (χ2n) is 9.24. The van der Waals surface area contributed by atoms with Crippen molar-refractivity contribution in [3.05, 3.63) is 53.9 Å². The molecule has 0 bridgehead atoms. The highest BCUT2D eigenvalue weighted by atomic mass is 35.5. The molecule has 1 atom stereocenters. The summed E-state index contributed by atoms with van der Waals surface area (Å²) in [6.07, 6.45) is 4.63. The summed E-state index contributed by atoms with van der Waals surface area (Å²) >= 11 is 1.75. The summed E-state index contributed by atoms with van der Waals surface area (Å²) in [5, 5.41) is 24.3. The van der Waals surface area contributed by atoms with E-state index in [1.165, 1.54) is 17.5 Å². The third-order valence-electron chi connectivity index (χ3n) is 7.19. The Balaban J connectivity index is 0.00000267. The smallest absolute Gasteiger partial charge is 0.186 e. The highest BCUT2D eigenvalue weighted by Gasteiger charge is 2.34. The first kappa shape index (κ1) is 24.7. The second-order valence-corrected chi connectivity index (χ2v) is 10.3. The fraction of sp³-hybridized carbons (Fsp3) is 0.440. The number of phenolic OH excluding ortho intramolecular Hbond substituents is 1. The van der Waals surface area contributed by atoms with Crippen LogP contribution in [-0.2, 0) is 0 Å². The van der Waals surface area contributed by atoms with E-state index < -0.39 is 0 Å². The molecule has 0 spiro atoms. The lowest BCUT2D eigenvalue weighted by atomic mass is 10.0. The number of rotatable bonds is 6. The van der Waals surface area contributed by atoms with E-state index in [4.69, 9.17) is 9.72 Å². The van der Waals surface area contributed by atoms with Crippen LogP contribution in [0.3, 0.4) is 0 Å². The summed E-state index contributed by atoms with van der Waals surface area (Å²) in [4.78, 5) is 9.67. The zero-order chi connectivity index (χ0) is 23.8. The lowest BCUT2D eigenvalue weighted by molar-refractivity contribution is 0.197. The number of halogens is 1. The Kier molecular flexibility index (Phi) is 7.27. The van der Waals surface area contributed by atoms with Crippen molar-refractivity contribution < 1.29 is 9.84 Å². The van der Waals surface area contributed by atoms with Crippen LogP contribution in [-0.4, -0.2) is 68.5 Å². The molecule has 1 unspecified atom stereocenters. The van der Waals surface area contributed by atoms with Crippen molar-refractivity contribution in [3.8, 4) is 11.5 Å². The van der Waals surface area contributed by atoms with Gasteiger partial charge in [0.05, 0.1) is 29.4 Å². The SMILES string of the molecule is COc1cc(C(c2nnnn2C2CCCC2)N2CCN(c3nc4ccccc4s3)CC2)ccc1O.Cl. The van der Waals surface area contributed by atoms with Gasteiger partial charge in [-0.1, -0.05) is 42.4 Å². The van der Waals surface area contributed by atoms with Crippen LogP contribution in [0.2, 0.25) is 0 Å².